The SMILES string of the molecule is Oc1ccccc1C(Oc1ccccc1)(Oc1ccccc1)Oc1ccccc1. The van der Waals surface area contributed by atoms with Gasteiger partial charge < -0.3 is 19.3 Å². The van der Waals surface area contributed by atoms with Crippen molar-refractivity contribution >= 4 is 0 Å². The van der Waals surface area contributed by atoms with E-state index in [2.05, 4.69) is 0 Å². The van der Waals surface area contributed by atoms with Gasteiger partial charge in [0.15, 0.2) is 0 Å². The number of hydrogen-bond donors (Lipinski definition) is 1. The highest BCUT2D eigenvalue weighted by atomic mass is 16.9. The zero-order chi connectivity index (χ0) is 19.9. The van der Waals surface area contributed by atoms with Gasteiger partial charge in [-0.3, -0.25) is 0 Å². The van der Waals surface area contributed by atoms with Crippen molar-refractivity contribution in [3.05, 3.63) is 121 Å². The molecule has 4 aromatic rings. The van der Waals surface area contributed by atoms with Gasteiger partial charge in [0, 0.05) is 0 Å². The fraction of sp³-hybridized carbons (Fsp3) is 0.0400. The molecule has 0 aliphatic heterocycles. The Balaban J connectivity index is 1.86. The molecule has 4 nitrogen and oxygen atoms in total. The molecule has 0 fully saturated rings. The summed E-state index contributed by atoms with van der Waals surface area (Å²) in [7, 11) is 0. The Bertz CT molecular complexity index is 932. The second-order valence-corrected chi connectivity index (χ2v) is 6.32. The minimum Gasteiger partial charge on any atom is -0.507 e. The van der Waals surface area contributed by atoms with Crippen LogP contribution in [0.25, 0.3) is 0 Å². The Hall–Kier alpha value is -3.92. The lowest BCUT2D eigenvalue weighted by Gasteiger charge is -2.34. The van der Waals surface area contributed by atoms with Crippen LogP contribution in [0.15, 0.2) is 115 Å². The number of para-hydroxylation sites is 4. The Labute approximate surface area is 169 Å². The largest absolute Gasteiger partial charge is 0.507 e. The second kappa shape index (κ2) is 8.40. The number of phenolic OH excluding ortho intramolecular Hbond substituents is 1. The van der Waals surface area contributed by atoms with E-state index in [1.165, 1.54) is 0 Å². The highest BCUT2D eigenvalue weighted by molar-refractivity contribution is 5.38. The van der Waals surface area contributed by atoms with Crippen molar-refractivity contribution in [2.75, 3.05) is 0 Å². The van der Waals surface area contributed by atoms with E-state index >= 15 is 0 Å². The standard InChI is InChI=1S/C25H20O4/c26-24-19-11-10-18-23(24)25(27-20-12-4-1-5-13-20,28-21-14-6-2-7-15-21)29-22-16-8-3-9-17-22/h1-19,26H. The molecule has 4 aromatic carbocycles. The lowest BCUT2D eigenvalue weighted by molar-refractivity contribution is -0.264. The summed E-state index contributed by atoms with van der Waals surface area (Å²) in [6.45, 7) is 0. The van der Waals surface area contributed by atoms with E-state index in [1.807, 2.05) is 54.6 Å². The van der Waals surface area contributed by atoms with Crippen molar-refractivity contribution < 1.29 is 19.3 Å². The third-order valence-corrected chi connectivity index (χ3v) is 4.22. The molecule has 0 radical (unpaired) electrons. The first-order valence-electron chi connectivity index (χ1n) is 9.26. The summed E-state index contributed by atoms with van der Waals surface area (Å²) in [6, 6.07) is 34.5. The van der Waals surface area contributed by atoms with Gasteiger partial charge in [-0.1, -0.05) is 66.7 Å². The van der Waals surface area contributed by atoms with Crippen LogP contribution >= 0.6 is 0 Å². The third-order valence-electron chi connectivity index (χ3n) is 4.22. The van der Waals surface area contributed by atoms with Crippen LogP contribution in [0.3, 0.4) is 0 Å². The summed E-state index contributed by atoms with van der Waals surface area (Å²) >= 11 is 0. The average Bonchev–Trinajstić information content (AvgIpc) is 2.76. The number of aromatic hydroxyl groups is 1. The van der Waals surface area contributed by atoms with Crippen molar-refractivity contribution in [3.8, 4) is 23.0 Å². The summed E-state index contributed by atoms with van der Waals surface area (Å²) < 4.78 is 18.8. The van der Waals surface area contributed by atoms with Crippen molar-refractivity contribution in [1.82, 2.24) is 0 Å². The van der Waals surface area contributed by atoms with Crippen LogP contribution in [-0.2, 0) is 5.97 Å². The Morgan fingerprint density at radius 2 is 0.793 bits per heavy atom. The first-order chi connectivity index (χ1) is 14.3. The minimum atomic E-state index is -1.75. The van der Waals surface area contributed by atoms with Gasteiger partial charge >= 0.3 is 5.97 Å². The molecule has 144 valence electrons. The first kappa shape index (κ1) is 18.4. The quantitative estimate of drug-likeness (QED) is 0.413. The van der Waals surface area contributed by atoms with Crippen molar-refractivity contribution in [2.24, 2.45) is 0 Å². The normalized spacial score (nSPS) is 10.9. The van der Waals surface area contributed by atoms with Crippen LogP contribution in [0.1, 0.15) is 5.56 Å². The maximum absolute atomic E-state index is 10.6. The molecule has 4 heteroatoms. The summed E-state index contributed by atoms with van der Waals surface area (Å²) in [6.07, 6.45) is 0. The predicted molar refractivity (Wildman–Crippen MR) is 111 cm³/mol. The minimum absolute atomic E-state index is 0.00436. The lowest BCUT2D eigenvalue weighted by Crippen LogP contribution is -2.45. The number of ether oxygens (including phenoxy) is 3. The maximum atomic E-state index is 10.6. The molecule has 0 atom stereocenters. The topological polar surface area (TPSA) is 47.9 Å². The molecular weight excluding hydrogens is 364 g/mol. The highest BCUT2D eigenvalue weighted by Gasteiger charge is 2.44. The number of phenols is 1. The predicted octanol–water partition coefficient (Wildman–Crippen LogP) is 5.74. The smallest absolute Gasteiger partial charge is 0.451 e. The summed E-state index contributed by atoms with van der Waals surface area (Å²) in [4.78, 5) is 0. The Morgan fingerprint density at radius 3 is 1.17 bits per heavy atom. The third kappa shape index (κ3) is 4.33. The summed E-state index contributed by atoms with van der Waals surface area (Å²) in [5.74, 6) is -0.168. The van der Waals surface area contributed by atoms with Gasteiger partial charge in [-0.05, 0) is 48.5 Å². The van der Waals surface area contributed by atoms with Crippen LogP contribution in [0.2, 0.25) is 0 Å². The molecule has 4 rings (SSSR count). The Morgan fingerprint density at radius 1 is 0.448 bits per heavy atom. The van der Waals surface area contributed by atoms with Crippen LogP contribution in [0.5, 0.6) is 23.0 Å². The number of benzene rings is 4. The molecule has 0 saturated carbocycles. The maximum Gasteiger partial charge on any atom is 0.451 e. The highest BCUT2D eigenvalue weighted by Crippen LogP contribution is 2.38. The first-order valence-corrected chi connectivity index (χ1v) is 9.26. The van der Waals surface area contributed by atoms with E-state index in [1.54, 1.807) is 60.7 Å². The van der Waals surface area contributed by atoms with Gasteiger partial charge in [-0.25, -0.2) is 0 Å². The molecule has 1 N–H and O–H groups in total. The molecule has 0 unspecified atom stereocenters. The van der Waals surface area contributed by atoms with Crippen LogP contribution < -0.4 is 14.2 Å². The fourth-order valence-electron chi connectivity index (χ4n) is 2.89. The van der Waals surface area contributed by atoms with Crippen molar-refractivity contribution in [2.45, 2.75) is 5.97 Å². The van der Waals surface area contributed by atoms with Gasteiger partial charge in [-0.2, -0.15) is 0 Å². The van der Waals surface area contributed by atoms with E-state index in [9.17, 15) is 5.11 Å². The fourth-order valence-corrected chi connectivity index (χ4v) is 2.89. The van der Waals surface area contributed by atoms with Gasteiger partial charge in [-0.15, -0.1) is 0 Å². The van der Waals surface area contributed by atoms with Gasteiger partial charge in [0.05, 0.1) is 0 Å². The van der Waals surface area contributed by atoms with Gasteiger partial charge in [0.25, 0.3) is 0 Å². The molecule has 0 heterocycles. The van der Waals surface area contributed by atoms with Crippen molar-refractivity contribution in [1.29, 1.82) is 0 Å². The molecule has 0 saturated heterocycles. The summed E-state index contributed by atoms with van der Waals surface area (Å²) in [5.41, 5.74) is 0.344. The van der Waals surface area contributed by atoms with E-state index in [-0.39, 0.29) is 5.75 Å². The zero-order valence-electron chi connectivity index (χ0n) is 15.6. The summed E-state index contributed by atoms with van der Waals surface area (Å²) in [5, 5.41) is 10.6. The average molecular weight is 384 g/mol. The van der Waals surface area contributed by atoms with Crippen LogP contribution in [-0.4, -0.2) is 5.11 Å². The molecule has 29 heavy (non-hydrogen) atoms. The van der Waals surface area contributed by atoms with Gasteiger partial charge in [0.1, 0.15) is 28.6 Å². The number of rotatable bonds is 7. The van der Waals surface area contributed by atoms with E-state index in [4.69, 9.17) is 14.2 Å². The molecule has 0 bridgehead atoms. The van der Waals surface area contributed by atoms with E-state index in [0.29, 0.717) is 22.8 Å². The molecule has 0 aliphatic rings. The molecule has 0 aliphatic carbocycles. The van der Waals surface area contributed by atoms with Crippen molar-refractivity contribution in [3.63, 3.8) is 0 Å². The van der Waals surface area contributed by atoms with Gasteiger partial charge in [0.2, 0.25) is 0 Å². The van der Waals surface area contributed by atoms with Crippen LogP contribution in [0.4, 0.5) is 0 Å². The van der Waals surface area contributed by atoms with E-state index < -0.39 is 5.97 Å². The second-order valence-electron chi connectivity index (χ2n) is 6.32. The zero-order valence-corrected chi connectivity index (χ0v) is 15.6. The number of hydrogen-bond acceptors (Lipinski definition) is 4. The van der Waals surface area contributed by atoms with E-state index in [0.717, 1.165) is 0 Å². The molecule has 0 amide bonds. The lowest BCUT2D eigenvalue weighted by atomic mass is 10.1. The molecule has 0 aromatic heterocycles. The Kier molecular flexibility index (Phi) is 5.34. The van der Waals surface area contributed by atoms with Crippen LogP contribution in [0, 0.1) is 0 Å². The molecular formula is C25H20O4. The molecule has 0 spiro atoms. The monoisotopic (exact) mass is 384 g/mol.